The third kappa shape index (κ3) is 4.09. The monoisotopic (exact) mass is 305 g/mol. The third-order valence-corrected chi connectivity index (χ3v) is 3.53. The first-order chi connectivity index (χ1) is 9.27. The van der Waals surface area contributed by atoms with E-state index in [1.807, 2.05) is 0 Å². The van der Waals surface area contributed by atoms with Crippen LogP contribution >= 0.6 is 0 Å². The lowest BCUT2D eigenvalue weighted by Gasteiger charge is -2.05. The lowest BCUT2D eigenvalue weighted by atomic mass is 10.2. The fourth-order valence-electron chi connectivity index (χ4n) is 1.26. The Morgan fingerprint density at radius 3 is 2.30 bits per heavy atom. The molecule has 0 aliphatic carbocycles. The van der Waals surface area contributed by atoms with Crippen molar-refractivity contribution < 1.29 is 26.7 Å². The third-order valence-electron chi connectivity index (χ3n) is 2.23. The summed E-state index contributed by atoms with van der Waals surface area (Å²) in [5.74, 6) is -1.45. The molecular weight excluding hydrogens is 292 g/mol. The molecule has 0 heterocycles. The van der Waals surface area contributed by atoms with Crippen molar-refractivity contribution in [1.29, 1.82) is 0 Å². The van der Waals surface area contributed by atoms with Crippen molar-refractivity contribution in [3.05, 3.63) is 29.8 Å². The van der Waals surface area contributed by atoms with Crippen molar-refractivity contribution in [3.8, 4) is 0 Å². The first kappa shape index (κ1) is 16.2. The largest absolute Gasteiger partial charge is 0.461 e. The second kappa shape index (κ2) is 6.56. The van der Waals surface area contributed by atoms with E-state index in [2.05, 4.69) is 9.13 Å². The van der Waals surface area contributed by atoms with E-state index in [1.54, 1.807) is 6.92 Å². The van der Waals surface area contributed by atoms with Crippen molar-refractivity contribution in [2.45, 2.75) is 25.2 Å². The van der Waals surface area contributed by atoms with Gasteiger partial charge in [0.1, 0.15) is 0 Å². The Labute approximate surface area is 115 Å². The van der Waals surface area contributed by atoms with E-state index in [-0.39, 0.29) is 11.5 Å². The number of hydrogen-bond acceptors (Lipinski definition) is 4. The number of rotatable bonds is 5. The number of carbonyl (C=O) groups excluding carboxylic acids is 1. The Hall–Kier alpha value is -1.83. The number of hydrogen-bond donors (Lipinski definition) is 0. The smallest absolute Gasteiger partial charge is 0.359 e. The summed E-state index contributed by atoms with van der Waals surface area (Å²) in [7, 11) is -4.38. The highest BCUT2D eigenvalue weighted by Gasteiger charge is 2.27. The van der Waals surface area contributed by atoms with Crippen LogP contribution in [-0.4, -0.2) is 33.1 Å². The van der Waals surface area contributed by atoms with Gasteiger partial charge in [0.25, 0.3) is 16.4 Å². The average Bonchev–Trinajstić information content (AvgIpc) is 2.36. The standard InChI is InChI=1S/C12H13F2NO4S/c1-3-19-12(16)10(11(13)14)15-20(17,18)9-6-4-8(2)5-7-9/h4-7,11H,3H2,1-2H3/b15-10-. The van der Waals surface area contributed by atoms with Crippen molar-refractivity contribution in [2.75, 3.05) is 6.61 Å². The van der Waals surface area contributed by atoms with Gasteiger partial charge in [0.15, 0.2) is 0 Å². The van der Waals surface area contributed by atoms with E-state index >= 15 is 0 Å². The molecule has 5 nitrogen and oxygen atoms in total. The van der Waals surface area contributed by atoms with Crippen LogP contribution in [0.3, 0.4) is 0 Å². The number of benzene rings is 1. The van der Waals surface area contributed by atoms with Crippen molar-refractivity contribution in [3.63, 3.8) is 0 Å². The summed E-state index contributed by atoms with van der Waals surface area (Å²) >= 11 is 0. The Balaban J connectivity index is 3.21. The highest BCUT2D eigenvalue weighted by Crippen LogP contribution is 2.15. The number of sulfonamides is 1. The summed E-state index contributed by atoms with van der Waals surface area (Å²) in [5.41, 5.74) is -0.625. The van der Waals surface area contributed by atoms with E-state index in [1.165, 1.54) is 31.2 Å². The zero-order valence-electron chi connectivity index (χ0n) is 10.8. The minimum Gasteiger partial charge on any atom is -0.461 e. The summed E-state index contributed by atoms with van der Waals surface area (Å²) in [6, 6.07) is 5.44. The van der Waals surface area contributed by atoms with E-state index in [9.17, 15) is 22.0 Å². The number of ether oxygens (including phenoxy) is 1. The van der Waals surface area contributed by atoms with Crippen LogP contribution < -0.4 is 0 Å². The fraction of sp³-hybridized carbons (Fsp3) is 0.333. The van der Waals surface area contributed by atoms with Crippen LogP contribution in [0.1, 0.15) is 12.5 Å². The van der Waals surface area contributed by atoms with E-state index in [4.69, 9.17) is 0 Å². The highest BCUT2D eigenvalue weighted by molar-refractivity contribution is 7.90. The van der Waals surface area contributed by atoms with Crippen LogP contribution in [0.15, 0.2) is 33.6 Å². The van der Waals surface area contributed by atoms with Gasteiger partial charge in [-0.25, -0.2) is 13.6 Å². The second-order valence-electron chi connectivity index (χ2n) is 3.79. The normalized spacial score (nSPS) is 12.6. The Morgan fingerprint density at radius 2 is 1.85 bits per heavy atom. The molecule has 0 saturated carbocycles. The summed E-state index contributed by atoms with van der Waals surface area (Å²) in [4.78, 5) is 11.0. The van der Waals surface area contributed by atoms with Gasteiger partial charge in [-0.2, -0.15) is 12.8 Å². The van der Waals surface area contributed by atoms with E-state index in [0.717, 1.165) is 5.56 Å². The molecule has 0 amide bonds. The minimum absolute atomic E-state index is 0.158. The summed E-state index contributed by atoms with van der Waals surface area (Å²) in [6.45, 7) is 2.99. The van der Waals surface area contributed by atoms with Crippen molar-refractivity contribution in [1.82, 2.24) is 0 Å². The summed E-state index contributed by atoms with van der Waals surface area (Å²) in [5, 5.41) is 0. The molecule has 0 saturated heterocycles. The van der Waals surface area contributed by atoms with Gasteiger partial charge in [0.2, 0.25) is 5.71 Å². The Kier molecular flexibility index (Phi) is 5.32. The SMILES string of the molecule is CCOC(=O)/C(=N\S(=O)(=O)c1ccc(C)cc1)C(F)F. The number of nitrogens with zero attached hydrogens (tertiary/aromatic N) is 1. The maximum absolute atomic E-state index is 12.7. The van der Waals surface area contributed by atoms with Crippen LogP contribution in [0, 0.1) is 6.92 Å². The van der Waals surface area contributed by atoms with Crippen molar-refractivity contribution in [2.24, 2.45) is 4.40 Å². The maximum atomic E-state index is 12.7. The Bertz CT molecular complexity index is 609. The number of carbonyl (C=O) groups is 1. The molecule has 1 aromatic carbocycles. The average molecular weight is 305 g/mol. The van der Waals surface area contributed by atoms with Gasteiger partial charge in [-0.3, -0.25) is 0 Å². The molecular formula is C12H13F2NO4S. The zero-order valence-corrected chi connectivity index (χ0v) is 11.7. The van der Waals surface area contributed by atoms with Gasteiger partial charge in [-0.15, -0.1) is 0 Å². The van der Waals surface area contributed by atoms with E-state index < -0.39 is 28.1 Å². The van der Waals surface area contributed by atoms with Crippen LogP contribution in [0.25, 0.3) is 0 Å². The van der Waals surface area contributed by atoms with Gasteiger partial charge >= 0.3 is 5.97 Å². The molecule has 0 unspecified atom stereocenters. The minimum atomic E-state index is -4.38. The first-order valence-corrected chi connectivity index (χ1v) is 7.08. The van der Waals surface area contributed by atoms with Crippen LogP contribution in [0.2, 0.25) is 0 Å². The second-order valence-corrected chi connectivity index (χ2v) is 5.39. The highest BCUT2D eigenvalue weighted by atomic mass is 32.2. The van der Waals surface area contributed by atoms with Crippen LogP contribution in [0.4, 0.5) is 8.78 Å². The molecule has 20 heavy (non-hydrogen) atoms. The number of aryl methyl sites for hydroxylation is 1. The lowest BCUT2D eigenvalue weighted by Crippen LogP contribution is -2.26. The topological polar surface area (TPSA) is 72.8 Å². The molecule has 0 bridgehead atoms. The molecule has 0 N–H and O–H groups in total. The van der Waals surface area contributed by atoms with Gasteiger partial charge in [0.05, 0.1) is 11.5 Å². The van der Waals surface area contributed by atoms with Gasteiger partial charge < -0.3 is 4.74 Å². The number of halogens is 2. The molecule has 1 aromatic rings. The van der Waals surface area contributed by atoms with Crippen LogP contribution in [-0.2, 0) is 19.6 Å². The van der Waals surface area contributed by atoms with Crippen LogP contribution in [0.5, 0.6) is 0 Å². The molecule has 0 atom stereocenters. The molecule has 0 aliphatic rings. The predicted molar refractivity (Wildman–Crippen MR) is 68.4 cm³/mol. The van der Waals surface area contributed by atoms with Gasteiger partial charge in [0, 0.05) is 0 Å². The molecule has 0 aromatic heterocycles. The first-order valence-electron chi connectivity index (χ1n) is 5.64. The summed E-state index contributed by atoms with van der Waals surface area (Å²) in [6.07, 6.45) is -3.34. The number of esters is 1. The van der Waals surface area contributed by atoms with Gasteiger partial charge in [-0.1, -0.05) is 17.7 Å². The molecule has 1 rings (SSSR count). The van der Waals surface area contributed by atoms with E-state index in [0.29, 0.717) is 0 Å². The molecule has 110 valence electrons. The fourth-order valence-corrected chi connectivity index (χ4v) is 2.26. The predicted octanol–water partition coefficient (Wildman–Crippen LogP) is 1.95. The summed E-state index contributed by atoms with van der Waals surface area (Å²) < 4.78 is 56.3. The maximum Gasteiger partial charge on any atom is 0.359 e. The molecule has 8 heteroatoms. The number of alkyl halides is 2. The van der Waals surface area contributed by atoms with Crippen molar-refractivity contribution >= 4 is 21.7 Å². The molecule has 0 radical (unpaired) electrons. The molecule has 0 spiro atoms. The lowest BCUT2D eigenvalue weighted by molar-refractivity contribution is -0.135. The zero-order chi connectivity index (χ0) is 15.3. The quantitative estimate of drug-likeness (QED) is 0.615. The molecule has 0 aliphatic heterocycles. The Morgan fingerprint density at radius 1 is 1.30 bits per heavy atom. The van der Waals surface area contributed by atoms with Gasteiger partial charge in [-0.05, 0) is 26.0 Å². The molecule has 0 fully saturated rings.